The molecule has 0 atom stereocenters. The first-order valence-electron chi connectivity index (χ1n) is 9.93. The van der Waals surface area contributed by atoms with Gasteiger partial charge in [-0.3, -0.25) is 9.52 Å². The number of nitrogens with zero attached hydrogens (tertiary/aromatic N) is 3. The van der Waals surface area contributed by atoms with E-state index < -0.39 is 10.0 Å². The van der Waals surface area contributed by atoms with Crippen molar-refractivity contribution in [3.8, 4) is 0 Å². The molecule has 4 rings (SSSR count). The minimum Gasteiger partial charge on any atom is -0.303 e. The number of fused-ring (bicyclic) bond motifs is 1. The molecule has 0 saturated carbocycles. The van der Waals surface area contributed by atoms with Crippen molar-refractivity contribution in [2.75, 3.05) is 30.6 Å². The SMILES string of the molecule is CS(=O)(=O)Nc1ccc(CCN2CCC(C(=O)c3ccc4nonc4c3)CC2)cc1. The van der Waals surface area contributed by atoms with E-state index >= 15 is 0 Å². The molecule has 1 N–H and O–H groups in total. The van der Waals surface area contributed by atoms with Crippen LogP contribution in [0, 0.1) is 5.92 Å². The predicted molar refractivity (Wildman–Crippen MR) is 114 cm³/mol. The molecule has 0 amide bonds. The molecule has 158 valence electrons. The lowest BCUT2D eigenvalue weighted by Crippen LogP contribution is -2.37. The summed E-state index contributed by atoms with van der Waals surface area (Å²) in [5.41, 5.74) is 3.65. The summed E-state index contributed by atoms with van der Waals surface area (Å²) >= 11 is 0. The first kappa shape index (κ1) is 20.5. The second-order valence-corrected chi connectivity index (χ2v) is 9.52. The molecular weight excluding hydrogens is 404 g/mol. The molecule has 2 heterocycles. The van der Waals surface area contributed by atoms with Gasteiger partial charge in [0, 0.05) is 23.7 Å². The Morgan fingerprint density at radius 2 is 1.80 bits per heavy atom. The summed E-state index contributed by atoms with van der Waals surface area (Å²) in [6.07, 6.45) is 3.70. The Labute approximate surface area is 175 Å². The Morgan fingerprint density at radius 1 is 1.10 bits per heavy atom. The van der Waals surface area contributed by atoms with Crippen LogP contribution in [-0.2, 0) is 16.4 Å². The maximum Gasteiger partial charge on any atom is 0.229 e. The Hall–Kier alpha value is -2.78. The third-order valence-corrected chi connectivity index (χ3v) is 6.08. The van der Waals surface area contributed by atoms with E-state index in [1.165, 1.54) is 0 Å². The largest absolute Gasteiger partial charge is 0.303 e. The fraction of sp³-hybridized carbons (Fsp3) is 0.381. The van der Waals surface area contributed by atoms with E-state index in [9.17, 15) is 13.2 Å². The highest BCUT2D eigenvalue weighted by Gasteiger charge is 2.26. The molecule has 1 aliphatic heterocycles. The van der Waals surface area contributed by atoms with Crippen molar-refractivity contribution in [1.29, 1.82) is 0 Å². The topological polar surface area (TPSA) is 105 Å². The highest BCUT2D eigenvalue weighted by molar-refractivity contribution is 7.92. The van der Waals surface area contributed by atoms with E-state index in [-0.39, 0.29) is 11.7 Å². The molecule has 0 radical (unpaired) electrons. The fourth-order valence-corrected chi connectivity index (χ4v) is 4.39. The zero-order chi connectivity index (χ0) is 21.1. The lowest BCUT2D eigenvalue weighted by Gasteiger charge is -2.31. The minimum absolute atomic E-state index is 0.0277. The van der Waals surface area contributed by atoms with Crippen LogP contribution >= 0.6 is 0 Å². The van der Waals surface area contributed by atoms with E-state index in [1.807, 2.05) is 12.1 Å². The second kappa shape index (κ2) is 8.53. The average molecular weight is 429 g/mol. The molecule has 0 spiro atoms. The molecule has 2 aromatic carbocycles. The first-order valence-corrected chi connectivity index (χ1v) is 11.8. The van der Waals surface area contributed by atoms with E-state index in [4.69, 9.17) is 4.63 Å². The number of hydrogen-bond acceptors (Lipinski definition) is 7. The molecule has 0 unspecified atom stereocenters. The van der Waals surface area contributed by atoms with Crippen molar-refractivity contribution in [2.24, 2.45) is 5.92 Å². The standard InChI is InChI=1S/C21H24N4O4S/c1-30(27,28)24-18-5-2-15(3-6-18)8-11-25-12-9-16(10-13-25)21(26)17-4-7-19-20(14-17)23-29-22-19/h2-7,14,16,24H,8-13H2,1H3. The van der Waals surface area contributed by atoms with Crippen LogP contribution in [0.3, 0.4) is 0 Å². The Bertz CT molecular complexity index is 1130. The van der Waals surface area contributed by atoms with E-state index in [0.29, 0.717) is 22.3 Å². The second-order valence-electron chi connectivity index (χ2n) is 7.77. The summed E-state index contributed by atoms with van der Waals surface area (Å²) in [5, 5.41) is 7.59. The summed E-state index contributed by atoms with van der Waals surface area (Å²) in [5.74, 6) is 0.188. The van der Waals surface area contributed by atoms with Crippen LogP contribution in [0.2, 0.25) is 0 Å². The van der Waals surface area contributed by atoms with Crippen LogP contribution < -0.4 is 4.72 Å². The van der Waals surface area contributed by atoms with Gasteiger partial charge < -0.3 is 4.90 Å². The average Bonchev–Trinajstić information content (AvgIpc) is 3.20. The van der Waals surface area contributed by atoms with Gasteiger partial charge in [0.1, 0.15) is 11.0 Å². The number of nitrogens with one attached hydrogen (secondary N) is 1. The number of hydrogen-bond donors (Lipinski definition) is 1. The monoisotopic (exact) mass is 428 g/mol. The van der Waals surface area contributed by atoms with Crippen LogP contribution in [0.5, 0.6) is 0 Å². The molecule has 1 aliphatic rings. The van der Waals surface area contributed by atoms with Gasteiger partial charge in [0.05, 0.1) is 6.26 Å². The van der Waals surface area contributed by atoms with Gasteiger partial charge in [0.2, 0.25) is 10.0 Å². The molecule has 30 heavy (non-hydrogen) atoms. The van der Waals surface area contributed by atoms with Gasteiger partial charge in [-0.15, -0.1) is 0 Å². The number of carbonyl (C=O) groups excluding carboxylic acids is 1. The van der Waals surface area contributed by atoms with Crippen LogP contribution in [-0.4, -0.2) is 55.3 Å². The number of piperidine rings is 1. The molecule has 1 saturated heterocycles. The molecule has 0 aliphatic carbocycles. The third kappa shape index (κ3) is 5.03. The van der Waals surface area contributed by atoms with E-state index in [0.717, 1.165) is 50.7 Å². The number of benzene rings is 2. The van der Waals surface area contributed by atoms with Gasteiger partial charge in [0.25, 0.3) is 0 Å². The smallest absolute Gasteiger partial charge is 0.229 e. The van der Waals surface area contributed by atoms with Crippen molar-refractivity contribution < 1.29 is 17.8 Å². The Kier molecular flexibility index (Phi) is 5.83. The molecule has 1 fully saturated rings. The molecule has 3 aromatic rings. The Morgan fingerprint density at radius 3 is 2.50 bits per heavy atom. The highest BCUT2D eigenvalue weighted by Crippen LogP contribution is 2.23. The van der Waals surface area contributed by atoms with Crippen LogP contribution in [0.4, 0.5) is 5.69 Å². The highest BCUT2D eigenvalue weighted by atomic mass is 32.2. The maximum atomic E-state index is 12.8. The summed E-state index contributed by atoms with van der Waals surface area (Å²) in [6, 6.07) is 12.8. The first-order chi connectivity index (χ1) is 14.4. The number of likely N-dealkylation sites (tertiary alicyclic amines) is 1. The number of Topliss-reactive ketones (excluding diaryl/α,β-unsaturated/α-hetero) is 1. The van der Waals surface area contributed by atoms with Crippen molar-refractivity contribution in [2.45, 2.75) is 19.3 Å². The molecule has 8 nitrogen and oxygen atoms in total. The van der Waals surface area contributed by atoms with Gasteiger partial charge in [-0.1, -0.05) is 12.1 Å². The lowest BCUT2D eigenvalue weighted by atomic mass is 9.88. The van der Waals surface area contributed by atoms with Crippen molar-refractivity contribution in [1.82, 2.24) is 15.2 Å². The summed E-state index contributed by atoms with van der Waals surface area (Å²) in [4.78, 5) is 15.2. The zero-order valence-electron chi connectivity index (χ0n) is 16.7. The minimum atomic E-state index is -3.26. The van der Waals surface area contributed by atoms with E-state index in [1.54, 1.807) is 30.3 Å². The maximum absolute atomic E-state index is 12.8. The molecular formula is C21H24N4O4S. The summed E-state index contributed by atoms with van der Waals surface area (Å²) < 4.78 is 29.7. The van der Waals surface area contributed by atoms with Crippen molar-refractivity contribution >= 4 is 32.5 Å². The van der Waals surface area contributed by atoms with Crippen LogP contribution in [0.25, 0.3) is 11.0 Å². The number of ketones is 1. The molecule has 9 heteroatoms. The zero-order valence-corrected chi connectivity index (χ0v) is 17.6. The van der Waals surface area contributed by atoms with Gasteiger partial charge in [-0.25, -0.2) is 13.0 Å². The molecule has 0 bridgehead atoms. The quantitative estimate of drug-likeness (QED) is 0.577. The number of sulfonamides is 1. The van der Waals surface area contributed by atoms with Gasteiger partial charge in [-0.05, 0) is 78.6 Å². The van der Waals surface area contributed by atoms with Gasteiger partial charge in [0.15, 0.2) is 5.78 Å². The number of aromatic nitrogens is 2. The number of rotatable bonds is 7. The normalized spacial score (nSPS) is 16.0. The predicted octanol–water partition coefficient (Wildman–Crippen LogP) is 2.73. The van der Waals surface area contributed by atoms with Crippen molar-refractivity contribution in [3.63, 3.8) is 0 Å². The summed E-state index contributed by atoms with van der Waals surface area (Å²) in [7, 11) is -3.26. The third-order valence-electron chi connectivity index (χ3n) is 5.47. The number of anilines is 1. The summed E-state index contributed by atoms with van der Waals surface area (Å²) in [6.45, 7) is 2.69. The fourth-order valence-electron chi connectivity index (χ4n) is 3.83. The van der Waals surface area contributed by atoms with Crippen LogP contribution in [0.15, 0.2) is 47.1 Å². The Balaban J connectivity index is 1.26. The van der Waals surface area contributed by atoms with Gasteiger partial charge in [-0.2, -0.15) is 0 Å². The van der Waals surface area contributed by atoms with Gasteiger partial charge >= 0.3 is 0 Å². The van der Waals surface area contributed by atoms with Crippen LogP contribution in [0.1, 0.15) is 28.8 Å². The lowest BCUT2D eigenvalue weighted by molar-refractivity contribution is 0.0841. The molecule has 1 aromatic heterocycles. The van der Waals surface area contributed by atoms with Crippen molar-refractivity contribution in [3.05, 3.63) is 53.6 Å². The number of carbonyl (C=O) groups is 1. The van der Waals surface area contributed by atoms with E-state index in [2.05, 4.69) is 19.9 Å².